The van der Waals surface area contributed by atoms with Crippen LogP contribution >= 0.6 is 11.6 Å². The number of hydrazone groups is 1. The summed E-state index contributed by atoms with van der Waals surface area (Å²) in [4.78, 5) is 12.2. The number of fused-ring (bicyclic) bond motifs is 1. The third-order valence-electron chi connectivity index (χ3n) is 4.22. The van der Waals surface area contributed by atoms with Crippen molar-refractivity contribution < 1.29 is 9.18 Å². The van der Waals surface area contributed by atoms with E-state index in [0.717, 1.165) is 5.52 Å². The average Bonchev–Trinajstić information content (AvgIpc) is 3.24. The minimum atomic E-state index is -0.364. The molecule has 146 valence electrons. The highest BCUT2D eigenvalue weighted by Gasteiger charge is 2.14. The van der Waals surface area contributed by atoms with Gasteiger partial charge in [-0.2, -0.15) is 10.2 Å². The molecule has 0 spiro atoms. The maximum atomic E-state index is 13.1. The normalized spacial score (nSPS) is 11.4. The first kappa shape index (κ1) is 18.8. The van der Waals surface area contributed by atoms with Gasteiger partial charge in [0.1, 0.15) is 23.0 Å². The van der Waals surface area contributed by atoms with Crippen LogP contribution in [0, 0.1) is 12.7 Å². The molecule has 10 heteroatoms. The number of halogens is 2. The summed E-state index contributed by atoms with van der Waals surface area (Å²) < 4.78 is 16.1. The van der Waals surface area contributed by atoms with Crippen molar-refractivity contribution in [2.24, 2.45) is 5.10 Å². The van der Waals surface area contributed by atoms with Crippen LogP contribution in [-0.4, -0.2) is 36.9 Å². The first-order valence-corrected chi connectivity index (χ1v) is 9.02. The molecule has 0 atom stereocenters. The highest BCUT2D eigenvalue weighted by molar-refractivity contribution is 6.32. The number of nitrogens with zero attached hydrogens (tertiary/aromatic N) is 6. The lowest BCUT2D eigenvalue weighted by molar-refractivity contribution is -0.121. The van der Waals surface area contributed by atoms with Crippen molar-refractivity contribution in [2.75, 3.05) is 0 Å². The van der Waals surface area contributed by atoms with Gasteiger partial charge < -0.3 is 0 Å². The van der Waals surface area contributed by atoms with Crippen molar-refractivity contribution in [3.63, 3.8) is 0 Å². The molecule has 0 fully saturated rings. The number of amides is 1. The summed E-state index contributed by atoms with van der Waals surface area (Å²) in [7, 11) is 0. The third-order valence-corrected chi connectivity index (χ3v) is 4.58. The van der Waals surface area contributed by atoms with Gasteiger partial charge in [0.25, 0.3) is 5.91 Å². The average molecular weight is 412 g/mol. The molecule has 1 N–H and O–H groups in total. The van der Waals surface area contributed by atoms with E-state index in [2.05, 4.69) is 25.9 Å². The Balaban J connectivity index is 1.46. The molecule has 8 nitrogen and oxygen atoms in total. The Morgan fingerprint density at radius 3 is 2.79 bits per heavy atom. The van der Waals surface area contributed by atoms with Crippen LogP contribution in [0.15, 0.2) is 53.6 Å². The molecule has 29 heavy (non-hydrogen) atoms. The number of aryl methyl sites for hydroxylation is 1. The molecule has 2 heterocycles. The maximum Gasteiger partial charge on any atom is 0.261 e. The van der Waals surface area contributed by atoms with E-state index < -0.39 is 0 Å². The van der Waals surface area contributed by atoms with Crippen LogP contribution in [0.2, 0.25) is 5.15 Å². The van der Waals surface area contributed by atoms with Crippen molar-refractivity contribution in [3.8, 4) is 5.69 Å². The van der Waals surface area contributed by atoms with Crippen LogP contribution in [0.1, 0.15) is 11.3 Å². The maximum absolute atomic E-state index is 13.1. The van der Waals surface area contributed by atoms with Crippen LogP contribution in [0.25, 0.3) is 16.7 Å². The lowest BCUT2D eigenvalue weighted by Gasteiger charge is -2.02. The summed E-state index contributed by atoms with van der Waals surface area (Å²) in [5.74, 6) is -0.713. The fraction of sp³-hybridized carbons (Fsp3) is 0.105. The predicted octanol–water partition coefficient (Wildman–Crippen LogP) is 2.87. The first-order chi connectivity index (χ1) is 14.0. The van der Waals surface area contributed by atoms with Gasteiger partial charge in [0.05, 0.1) is 28.7 Å². The summed E-state index contributed by atoms with van der Waals surface area (Å²) in [6.07, 6.45) is 1.42. The monoisotopic (exact) mass is 411 g/mol. The lowest BCUT2D eigenvalue weighted by atomic mass is 10.3. The quantitative estimate of drug-likeness (QED) is 0.404. The fourth-order valence-corrected chi connectivity index (χ4v) is 3.11. The van der Waals surface area contributed by atoms with Gasteiger partial charge in [0, 0.05) is 0 Å². The Morgan fingerprint density at radius 1 is 1.24 bits per heavy atom. The number of carbonyl (C=O) groups excluding carboxylic acids is 1. The van der Waals surface area contributed by atoms with Gasteiger partial charge in [-0.1, -0.05) is 28.9 Å². The van der Waals surface area contributed by atoms with E-state index in [9.17, 15) is 9.18 Å². The number of aromatic nitrogens is 5. The lowest BCUT2D eigenvalue weighted by Crippen LogP contribution is -2.23. The Kier molecular flexibility index (Phi) is 5.05. The molecule has 0 saturated heterocycles. The van der Waals surface area contributed by atoms with E-state index in [1.165, 1.54) is 27.7 Å². The first-order valence-electron chi connectivity index (χ1n) is 8.64. The van der Waals surface area contributed by atoms with Gasteiger partial charge in [-0.15, -0.1) is 5.10 Å². The minimum Gasteiger partial charge on any atom is -0.271 e. The van der Waals surface area contributed by atoms with Crippen molar-refractivity contribution >= 4 is 34.8 Å². The molecule has 1 amide bonds. The molecule has 0 aliphatic rings. The van der Waals surface area contributed by atoms with E-state index in [0.29, 0.717) is 27.6 Å². The number of carbonyl (C=O) groups is 1. The van der Waals surface area contributed by atoms with Crippen LogP contribution in [0.5, 0.6) is 0 Å². The summed E-state index contributed by atoms with van der Waals surface area (Å²) in [6, 6.07) is 13.1. The molecule has 0 bridgehead atoms. The van der Waals surface area contributed by atoms with E-state index in [1.54, 1.807) is 19.1 Å². The van der Waals surface area contributed by atoms with Gasteiger partial charge in [0.15, 0.2) is 0 Å². The van der Waals surface area contributed by atoms with Crippen molar-refractivity contribution in [2.45, 2.75) is 13.5 Å². The van der Waals surface area contributed by atoms with Crippen LogP contribution < -0.4 is 5.43 Å². The van der Waals surface area contributed by atoms with Crippen LogP contribution in [0.4, 0.5) is 4.39 Å². The second-order valence-corrected chi connectivity index (χ2v) is 6.57. The number of nitrogens with one attached hydrogen (secondary N) is 1. The largest absolute Gasteiger partial charge is 0.271 e. The summed E-state index contributed by atoms with van der Waals surface area (Å²) in [5, 5.41) is 16.6. The van der Waals surface area contributed by atoms with E-state index in [4.69, 9.17) is 11.6 Å². The molecule has 0 saturated carbocycles. The number of rotatable bonds is 5. The van der Waals surface area contributed by atoms with Crippen LogP contribution in [-0.2, 0) is 11.3 Å². The number of hydrogen-bond donors (Lipinski definition) is 1. The van der Waals surface area contributed by atoms with Gasteiger partial charge in [-0.05, 0) is 43.3 Å². The second kappa shape index (κ2) is 7.80. The van der Waals surface area contributed by atoms with Crippen LogP contribution in [0.3, 0.4) is 0 Å². The van der Waals surface area contributed by atoms with Gasteiger partial charge >= 0.3 is 0 Å². The standard InChI is InChI=1S/C19H15ClFN7O/c1-12-15(19(20)28(25-12)14-8-6-13(21)7-9-14)10-22-24-18(29)11-27-17-5-3-2-4-16(17)23-26-27/h2-10H,11H2,1H3,(H,24,29). The Hall–Kier alpha value is -3.59. The molecule has 4 rings (SSSR count). The number of hydrogen-bond acceptors (Lipinski definition) is 5. The highest BCUT2D eigenvalue weighted by Crippen LogP contribution is 2.22. The molecule has 4 aromatic rings. The summed E-state index contributed by atoms with van der Waals surface area (Å²) in [5.41, 5.74) is 5.67. The fourth-order valence-electron chi connectivity index (χ4n) is 2.79. The molecule has 0 unspecified atom stereocenters. The predicted molar refractivity (Wildman–Crippen MR) is 107 cm³/mol. The number of benzene rings is 2. The number of para-hydroxylation sites is 1. The van der Waals surface area contributed by atoms with E-state index >= 15 is 0 Å². The third kappa shape index (κ3) is 3.85. The van der Waals surface area contributed by atoms with Gasteiger partial charge in [-0.25, -0.2) is 19.2 Å². The molecule has 0 aliphatic heterocycles. The smallest absolute Gasteiger partial charge is 0.261 e. The van der Waals surface area contributed by atoms with Crippen molar-refractivity contribution in [1.29, 1.82) is 0 Å². The van der Waals surface area contributed by atoms with Crippen molar-refractivity contribution in [3.05, 3.63) is 70.8 Å². The SMILES string of the molecule is Cc1nn(-c2ccc(F)cc2)c(Cl)c1C=NNC(=O)Cn1nnc2ccccc21. The molecule has 2 aromatic heterocycles. The minimum absolute atomic E-state index is 0.0284. The van der Waals surface area contributed by atoms with Gasteiger partial charge in [0.2, 0.25) is 0 Å². The summed E-state index contributed by atoms with van der Waals surface area (Å²) >= 11 is 6.38. The zero-order chi connectivity index (χ0) is 20.4. The topological polar surface area (TPSA) is 90.0 Å². The molecule has 2 aromatic carbocycles. The Labute approximate surface area is 169 Å². The molecule has 0 aliphatic carbocycles. The Bertz CT molecular complexity index is 1210. The van der Waals surface area contributed by atoms with E-state index in [1.807, 2.05) is 24.3 Å². The van der Waals surface area contributed by atoms with Gasteiger partial charge in [-0.3, -0.25) is 4.79 Å². The molecular weight excluding hydrogens is 397 g/mol. The Morgan fingerprint density at radius 2 is 2.00 bits per heavy atom. The zero-order valence-corrected chi connectivity index (χ0v) is 16.0. The van der Waals surface area contributed by atoms with Crippen molar-refractivity contribution in [1.82, 2.24) is 30.2 Å². The molecule has 0 radical (unpaired) electrons. The summed E-state index contributed by atoms with van der Waals surface area (Å²) in [6.45, 7) is 1.73. The van der Waals surface area contributed by atoms with E-state index in [-0.39, 0.29) is 18.3 Å². The molecular formula is C19H15ClFN7O. The highest BCUT2D eigenvalue weighted by atomic mass is 35.5. The zero-order valence-electron chi connectivity index (χ0n) is 15.3. The second-order valence-electron chi connectivity index (χ2n) is 6.21.